The smallest absolute Gasteiger partial charge is 0.305 e. The Morgan fingerprint density at radius 3 is 2.59 bits per heavy atom. The second-order valence-corrected chi connectivity index (χ2v) is 5.68. The zero-order valence-corrected chi connectivity index (χ0v) is 10.9. The van der Waals surface area contributed by atoms with Crippen LogP contribution in [0.15, 0.2) is 0 Å². The maximum absolute atomic E-state index is 11.3. The highest BCUT2D eigenvalue weighted by Gasteiger charge is 2.18. The van der Waals surface area contributed by atoms with E-state index in [-0.39, 0.29) is 12.5 Å². The maximum atomic E-state index is 11.3. The van der Waals surface area contributed by atoms with Gasteiger partial charge in [0.15, 0.2) is 5.25 Å². The van der Waals surface area contributed by atoms with Gasteiger partial charge in [0, 0.05) is 13.0 Å². The van der Waals surface area contributed by atoms with Crippen LogP contribution in [0.4, 0.5) is 0 Å². The third kappa shape index (κ3) is 6.92. The van der Waals surface area contributed by atoms with Crippen molar-refractivity contribution < 1.29 is 17.9 Å². The molecule has 0 aliphatic carbocycles. The fourth-order valence-corrected chi connectivity index (χ4v) is 1.90. The molecule has 1 atom stereocenters. The van der Waals surface area contributed by atoms with E-state index in [4.69, 9.17) is 5.26 Å². The highest BCUT2D eigenvalue weighted by molar-refractivity contribution is 7.90. The SMILES string of the molecule is COC(=O)CCCCCNS(=O)(=O)C(C)C#N. The third-order valence-corrected chi connectivity index (χ3v) is 3.88. The number of nitrogens with zero attached hydrogens (tertiary/aromatic N) is 1. The molecule has 0 heterocycles. The van der Waals surface area contributed by atoms with E-state index >= 15 is 0 Å². The molecule has 0 spiro atoms. The first-order valence-corrected chi connectivity index (χ1v) is 6.93. The molecule has 0 amide bonds. The van der Waals surface area contributed by atoms with E-state index in [0.29, 0.717) is 19.3 Å². The molecule has 0 aromatic rings. The van der Waals surface area contributed by atoms with Crippen LogP contribution in [0.3, 0.4) is 0 Å². The number of sulfonamides is 1. The molecule has 0 bridgehead atoms. The Balaban J connectivity index is 3.66. The first kappa shape index (κ1) is 15.9. The summed E-state index contributed by atoms with van der Waals surface area (Å²) in [6, 6.07) is 1.67. The van der Waals surface area contributed by atoms with Crippen molar-refractivity contribution in [2.24, 2.45) is 0 Å². The number of carbonyl (C=O) groups excluding carboxylic acids is 1. The van der Waals surface area contributed by atoms with Crippen LogP contribution in [0.25, 0.3) is 0 Å². The van der Waals surface area contributed by atoms with Gasteiger partial charge < -0.3 is 4.74 Å². The van der Waals surface area contributed by atoms with Gasteiger partial charge in [0.05, 0.1) is 13.2 Å². The molecule has 6 nitrogen and oxygen atoms in total. The summed E-state index contributed by atoms with van der Waals surface area (Å²) in [5.41, 5.74) is 0. The summed E-state index contributed by atoms with van der Waals surface area (Å²) in [6.07, 6.45) is 2.38. The number of esters is 1. The minimum Gasteiger partial charge on any atom is -0.469 e. The molecule has 0 aromatic heterocycles. The molecule has 1 N–H and O–H groups in total. The van der Waals surface area contributed by atoms with Gasteiger partial charge in [-0.1, -0.05) is 6.42 Å². The molecule has 0 aliphatic heterocycles. The molecule has 0 fully saturated rings. The van der Waals surface area contributed by atoms with E-state index in [2.05, 4.69) is 9.46 Å². The largest absolute Gasteiger partial charge is 0.469 e. The quantitative estimate of drug-likeness (QED) is 0.509. The molecule has 17 heavy (non-hydrogen) atoms. The second kappa shape index (κ2) is 8.03. The summed E-state index contributed by atoms with van der Waals surface area (Å²) >= 11 is 0. The lowest BCUT2D eigenvalue weighted by Gasteiger charge is -2.07. The molecule has 0 saturated carbocycles. The van der Waals surface area contributed by atoms with Crippen molar-refractivity contribution in [1.82, 2.24) is 4.72 Å². The molecule has 0 aromatic carbocycles. The van der Waals surface area contributed by atoms with Crippen molar-refractivity contribution in [3.63, 3.8) is 0 Å². The van der Waals surface area contributed by atoms with E-state index < -0.39 is 15.3 Å². The second-order valence-electron chi connectivity index (χ2n) is 3.60. The zero-order chi connectivity index (χ0) is 13.3. The van der Waals surface area contributed by atoms with Crippen LogP contribution in [0.5, 0.6) is 0 Å². The van der Waals surface area contributed by atoms with Crippen LogP contribution in [0, 0.1) is 11.3 Å². The normalized spacial score (nSPS) is 12.8. The zero-order valence-electron chi connectivity index (χ0n) is 10.1. The maximum Gasteiger partial charge on any atom is 0.305 e. The van der Waals surface area contributed by atoms with E-state index in [1.165, 1.54) is 14.0 Å². The summed E-state index contributed by atoms with van der Waals surface area (Å²) in [6.45, 7) is 1.62. The van der Waals surface area contributed by atoms with Gasteiger partial charge >= 0.3 is 5.97 Å². The molecular weight excluding hydrogens is 244 g/mol. The lowest BCUT2D eigenvalue weighted by Crippen LogP contribution is -2.32. The average molecular weight is 262 g/mol. The van der Waals surface area contributed by atoms with Crippen molar-refractivity contribution >= 4 is 16.0 Å². The summed E-state index contributed by atoms with van der Waals surface area (Å²) in [5.74, 6) is -0.260. The minimum atomic E-state index is -3.52. The van der Waals surface area contributed by atoms with Crippen LogP contribution in [0.1, 0.15) is 32.6 Å². The molecular formula is C10H18N2O4S. The topological polar surface area (TPSA) is 96.3 Å². The van der Waals surface area contributed by atoms with Crippen LogP contribution in [-0.2, 0) is 19.6 Å². The van der Waals surface area contributed by atoms with Gasteiger partial charge in [-0.05, 0) is 19.8 Å². The fraction of sp³-hybridized carbons (Fsp3) is 0.800. The number of nitrogens with one attached hydrogen (secondary N) is 1. The van der Waals surface area contributed by atoms with Crippen molar-refractivity contribution in [2.75, 3.05) is 13.7 Å². The summed E-state index contributed by atoms with van der Waals surface area (Å²) < 4.78 is 29.5. The molecule has 0 aliphatic rings. The Morgan fingerprint density at radius 1 is 1.41 bits per heavy atom. The highest BCUT2D eigenvalue weighted by Crippen LogP contribution is 2.02. The molecule has 7 heteroatoms. The van der Waals surface area contributed by atoms with Crippen LogP contribution in [-0.4, -0.2) is 33.3 Å². The average Bonchev–Trinajstić information content (AvgIpc) is 2.31. The number of methoxy groups -OCH3 is 1. The molecule has 0 saturated heterocycles. The van der Waals surface area contributed by atoms with Gasteiger partial charge in [-0.2, -0.15) is 5.26 Å². The first-order valence-electron chi connectivity index (χ1n) is 5.39. The monoisotopic (exact) mass is 262 g/mol. The van der Waals surface area contributed by atoms with Gasteiger partial charge in [-0.3, -0.25) is 4.79 Å². The molecule has 0 rings (SSSR count). The fourth-order valence-electron chi connectivity index (χ4n) is 1.08. The van der Waals surface area contributed by atoms with Gasteiger partial charge in [-0.15, -0.1) is 0 Å². The van der Waals surface area contributed by atoms with Gasteiger partial charge in [-0.25, -0.2) is 13.1 Å². The predicted octanol–water partition coefficient (Wildman–Crippen LogP) is 0.551. The molecule has 0 radical (unpaired) electrons. The van der Waals surface area contributed by atoms with E-state index in [1.54, 1.807) is 6.07 Å². The number of ether oxygens (including phenoxy) is 1. The predicted molar refractivity (Wildman–Crippen MR) is 62.5 cm³/mol. The van der Waals surface area contributed by atoms with Crippen LogP contribution in [0.2, 0.25) is 0 Å². The van der Waals surface area contributed by atoms with Crippen molar-refractivity contribution in [1.29, 1.82) is 5.26 Å². The minimum absolute atomic E-state index is 0.260. The molecule has 1 unspecified atom stereocenters. The Hall–Kier alpha value is -1.13. The number of hydrogen-bond acceptors (Lipinski definition) is 5. The number of carbonyl (C=O) groups is 1. The Bertz CT molecular complexity index is 372. The molecule has 98 valence electrons. The standard InChI is InChI=1S/C10H18N2O4S/c1-9(8-11)17(14,15)12-7-5-3-4-6-10(13)16-2/h9,12H,3-7H2,1-2H3. The summed E-state index contributed by atoms with van der Waals surface area (Å²) in [7, 11) is -2.19. The summed E-state index contributed by atoms with van der Waals surface area (Å²) in [5, 5.41) is 7.43. The summed E-state index contributed by atoms with van der Waals surface area (Å²) in [4.78, 5) is 10.8. The van der Waals surface area contributed by atoms with Gasteiger partial charge in [0.1, 0.15) is 0 Å². The highest BCUT2D eigenvalue weighted by atomic mass is 32.2. The lowest BCUT2D eigenvalue weighted by atomic mass is 10.2. The lowest BCUT2D eigenvalue weighted by molar-refractivity contribution is -0.140. The number of hydrogen-bond donors (Lipinski definition) is 1. The number of nitriles is 1. The van der Waals surface area contributed by atoms with Crippen molar-refractivity contribution in [3.8, 4) is 6.07 Å². The van der Waals surface area contributed by atoms with Gasteiger partial charge in [0.2, 0.25) is 10.0 Å². The van der Waals surface area contributed by atoms with E-state index in [1.807, 2.05) is 0 Å². The van der Waals surface area contributed by atoms with Crippen molar-refractivity contribution in [3.05, 3.63) is 0 Å². The number of unbranched alkanes of at least 4 members (excludes halogenated alkanes) is 2. The first-order chi connectivity index (χ1) is 7.94. The van der Waals surface area contributed by atoms with E-state index in [9.17, 15) is 13.2 Å². The van der Waals surface area contributed by atoms with Gasteiger partial charge in [0.25, 0.3) is 0 Å². The van der Waals surface area contributed by atoms with Crippen molar-refractivity contribution in [2.45, 2.75) is 37.9 Å². The van der Waals surface area contributed by atoms with Crippen LogP contribution >= 0.6 is 0 Å². The Kier molecular flexibility index (Phi) is 7.50. The van der Waals surface area contributed by atoms with Crippen LogP contribution < -0.4 is 4.72 Å². The Labute approximate surface area is 102 Å². The third-order valence-electron chi connectivity index (χ3n) is 2.24. The Morgan fingerprint density at radius 2 is 2.06 bits per heavy atom. The van der Waals surface area contributed by atoms with E-state index in [0.717, 1.165) is 6.42 Å². The number of rotatable bonds is 8.